The number of thioether (sulfide) groups is 1. The van der Waals surface area contributed by atoms with E-state index in [1.807, 2.05) is 6.26 Å². The maximum absolute atomic E-state index is 11.8. The van der Waals surface area contributed by atoms with Gasteiger partial charge in [-0.05, 0) is 32.9 Å². The van der Waals surface area contributed by atoms with Crippen molar-refractivity contribution >= 4 is 17.8 Å². The average Bonchev–Trinajstić information content (AvgIpc) is 2.39. The molecule has 6 heteroatoms. The lowest BCUT2D eigenvalue weighted by molar-refractivity contribution is 0.205. The van der Waals surface area contributed by atoms with E-state index in [-0.39, 0.29) is 16.8 Å². The fourth-order valence-electron chi connectivity index (χ4n) is 1.94. The summed E-state index contributed by atoms with van der Waals surface area (Å²) in [6.45, 7) is 7.13. The van der Waals surface area contributed by atoms with Gasteiger partial charge in [-0.15, -0.1) is 0 Å². The molecule has 1 aliphatic rings. The zero-order valence-corrected chi connectivity index (χ0v) is 12.8. The molecule has 0 aromatic carbocycles. The van der Waals surface area contributed by atoms with Gasteiger partial charge >= 0.3 is 6.03 Å². The van der Waals surface area contributed by atoms with Gasteiger partial charge in [0.25, 0.3) is 0 Å². The first kappa shape index (κ1) is 16.1. The van der Waals surface area contributed by atoms with E-state index in [0.717, 1.165) is 25.9 Å². The number of hydrogen-bond donors (Lipinski definition) is 2. The zero-order chi connectivity index (χ0) is 14.3. The van der Waals surface area contributed by atoms with Gasteiger partial charge in [-0.1, -0.05) is 0 Å². The number of nitrogens with zero attached hydrogens (tertiary/aromatic N) is 2. The number of nitrogens with one attached hydrogen (secondary N) is 2. The molecule has 0 bridgehead atoms. The fraction of sp³-hybridized carbons (Fsp3) is 0.846. The second kappa shape index (κ2) is 7.61. The number of amides is 2. The van der Waals surface area contributed by atoms with Gasteiger partial charge in [-0.2, -0.15) is 17.0 Å². The summed E-state index contributed by atoms with van der Waals surface area (Å²) in [5.41, 5.74) is 0. The van der Waals surface area contributed by atoms with Crippen LogP contribution < -0.4 is 10.6 Å². The lowest BCUT2D eigenvalue weighted by Gasteiger charge is -2.31. The molecule has 0 atom stereocenters. The molecule has 19 heavy (non-hydrogen) atoms. The number of likely N-dealkylation sites (tertiary alicyclic amines) is 1. The van der Waals surface area contributed by atoms with Crippen LogP contribution in [0.3, 0.4) is 0 Å². The molecule has 0 saturated carbocycles. The largest absolute Gasteiger partial charge is 0.337 e. The predicted molar refractivity (Wildman–Crippen MR) is 79.2 cm³/mol. The first-order valence-electron chi connectivity index (χ1n) is 6.65. The molecule has 0 radical (unpaired) electrons. The van der Waals surface area contributed by atoms with Crippen molar-refractivity contribution in [3.63, 3.8) is 0 Å². The number of carbonyl (C=O) groups is 1. The van der Waals surface area contributed by atoms with E-state index < -0.39 is 0 Å². The first-order chi connectivity index (χ1) is 8.96. The normalized spacial score (nSPS) is 17.8. The van der Waals surface area contributed by atoms with E-state index in [1.54, 1.807) is 11.8 Å². The highest BCUT2D eigenvalue weighted by molar-refractivity contribution is 7.99. The number of rotatable bonds is 5. The third kappa shape index (κ3) is 6.17. The van der Waals surface area contributed by atoms with E-state index in [0.29, 0.717) is 13.1 Å². The van der Waals surface area contributed by atoms with Crippen molar-refractivity contribution in [2.75, 3.05) is 32.4 Å². The molecule has 0 unspecified atom stereocenters. The Labute approximate surface area is 120 Å². The monoisotopic (exact) mass is 284 g/mol. The SMILES string of the molecule is CSC(C)(C)CNC(=O)NC1CCN(CC#N)CC1. The maximum Gasteiger partial charge on any atom is 0.315 e. The maximum atomic E-state index is 11.8. The molecule has 1 heterocycles. The molecule has 2 amide bonds. The van der Waals surface area contributed by atoms with Crippen LogP contribution in [-0.2, 0) is 0 Å². The van der Waals surface area contributed by atoms with Crippen LogP contribution in [0.15, 0.2) is 0 Å². The Morgan fingerprint density at radius 1 is 1.47 bits per heavy atom. The molecule has 0 aliphatic carbocycles. The minimum atomic E-state index is -0.0825. The molecular formula is C13H24N4OS. The van der Waals surface area contributed by atoms with Crippen molar-refractivity contribution in [2.24, 2.45) is 0 Å². The quantitative estimate of drug-likeness (QED) is 0.749. The highest BCUT2D eigenvalue weighted by Gasteiger charge is 2.21. The van der Waals surface area contributed by atoms with E-state index in [2.05, 4.69) is 35.5 Å². The molecule has 1 aliphatic heterocycles. The molecule has 108 valence electrons. The second-order valence-corrected chi connectivity index (χ2v) is 7.01. The highest BCUT2D eigenvalue weighted by Crippen LogP contribution is 2.19. The summed E-state index contributed by atoms with van der Waals surface area (Å²) in [6, 6.07) is 2.31. The third-order valence-corrected chi connectivity index (χ3v) is 4.69. The van der Waals surface area contributed by atoms with Crippen molar-refractivity contribution in [3.8, 4) is 6.07 Å². The topological polar surface area (TPSA) is 68.2 Å². The molecular weight excluding hydrogens is 260 g/mol. The minimum Gasteiger partial charge on any atom is -0.337 e. The van der Waals surface area contributed by atoms with E-state index >= 15 is 0 Å². The number of nitriles is 1. The van der Waals surface area contributed by atoms with Crippen LogP contribution in [0.1, 0.15) is 26.7 Å². The van der Waals surface area contributed by atoms with Gasteiger partial charge in [0.2, 0.25) is 0 Å². The van der Waals surface area contributed by atoms with Gasteiger partial charge in [0.1, 0.15) is 0 Å². The van der Waals surface area contributed by atoms with Crippen molar-refractivity contribution < 1.29 is 4.79 Å². The molecule has 1 saturated heterocycles. The second-order valence-electron chi connectivity index (χ2n) is 5.50. The van der Waals surface area contributed by atoms with Crippen molar-refractivity contribution in [1.29, 1.82) is 5.26 Å². The van der Waals surface area contributed by atoms with Crippen molar-refractivity contribution in [1.82, 2.24) is 15.5 Å². The van der Waals surface area contributed by atoms with Gasteiger partial charge in [0.15, 0.2) is 0 Å². The van der Waals surface area contributed by atoms with Crippen LogP contribution in [-0.4, -0.2) is 54.2 Å². The van der Waals surface area contributed by atoms with Crippen LogP contribution in [0.4, 0.5) is 4.79 Å². The number of carbonyl (C=O) groups excluding carboxylic acids is 1. The van der Waals surface area contributed by atoms with Crippen LogP contribution in [0.5, 0.6) is 0 Å². The standard InChI is InChI=1S/C13H24N4OS/c1-13(2,19-3)10-15-12(18)16-11-4-7-17(8-5-11)9-6-14/h11H,4-5,7-10H2,1-3H3,(H2,15,16,18). The van der Waals surface area contributed by atoms with Gasteiger partial charge in [-0.3, -0.25) is 4.90 Å². The molecule has 2 N–H and O–H groups in total. The van der Waals surface area contributed by atoms with Crippen molar-refractivity contribution in [2.45, 2.75) is 37.5 Å². The van der Waals surface area contributed by atoms with Gasteiger partial charge in [-0.25, -0.2) is 4.79 Å². The van der Waals surface area contributed by atoms with Gasteiger partial charge in [0, 0.05) is 30.4 Å². The number of hydrogen-bond acceptors (Lipinski definition) is 4. The lowest BCUT2D eigenvalue weighted by atomic mass is 10.1. The summed E-state index contributed by atoms with van der Waals surface area (Å²) in [4.78, 5) is 13.9. The van der Waals surface area contributed by atoms with Crippen LogP contribution in [0, 0.1) is 11.3 Å². The van der Waals surface area contributed by atoms with E-state index in [9.17, 15) is 4.79 Å². The van der Waals surface area contributed by atoms with E-state index in [1.165, 1.54) is 0 Å². The Morgan fingerprint density at radius 3 is 2.63 bits per heavy atom. The lowest BCUT2D eigenvalue weighted by Crippen LogP contribution is -2.49. The van der Waals surface area contributed by atoms with Crippen LogP contribution in [0.2, 0.25) is 0 Å². The summed E-state index contributed by atoms with van der Waals surface area (Å²) in [6.07, 6.45) is 3.88. The molecule has 0 aromatic rings. The van der Waals surface area contributed by atoms with Crippen LogP contribution >= 0.6 is 11.8 Å². The minimum absolute atomic E-state index is 0.0630. The fourth-order valence-corrected chi connectivity index (χ4v) is 2.15. The first-order valence-corrected chi connectivity index (χ1v) is 7.88. The summed E-state index contributed by atoms with van der Waals surface area (Å²) >= 11 is 1.74. The number of piperidine rings is 1. The van der Waals surface area contributed by atoms with Crippen molar-refractivity contribution in [3.05, 3.63) is 0 Å². The summed E-state index contributed by atoms with van der Waals surface area (Å²) < 4.78 is 0.0630. The molecule has 1 rings (SSSR count). The van der Waals surface area contributed by atoms with Gasteiger partial charge < -0.3 is 10.6 Å². The van der Waals surface area contributed by atoms with Crippen LogP contribution in [0.25, 0.3) is 0 Å². The molecule has 0 spiro atoms. The van der Waals surface area contributed by atoms with E-state index in [4.69, 9.17) is 5.26 Å². The smallest absolute Gasteiger partial charge is 0.315 e. The average molecular weight is 284 g/mol. The molecule has 0 aromatic heterocycles. The third-order valence-electron chi connectivity index (χ3n) is 3.44. The number of urea groups is 1. The Balaban J connectivity index is 2.22. The Hall–Kier alpha value is -0.930. The Bertz CT molecular complexity index is 332. The predicted octanol–water partition coefficient (Wildman–Crippen LogP) is 1.42. The Kier molecular flexibility index (Phi) is 6.46. The molecule has 5 nitrogen and oxygen atoms in total. The Morgan fingerprint density at radius 2 is 2.11 bits per heavy atom. The summed E-state index contributed by atoms with van der Waals surface area (Å²) in [5.74, 6) is 0. The van der Waals surface area contributed by atoms with Gasteiger partial charge in [0.05, 0.1) is 12.6 Å². The molecule has 1 fully saturated rings. The summed E-state index contributed by atoms with van der Waals surface area (Å²) in [5, 5.41) is 14.6. The summed E-state index contributed by atoms with van der Waals surface area (Å²) in [7, 11) is 0. The zero-order valence-electron chi connectivity index (χ0n) is 12.0. The highest BCUT2D eigenvalue weighted by atomic mass is 32.2.